The van der Waals surface area contributed by atoms with E-state index in [0.29, 0.717) is 18.9 Å². The SMILES string of the molecule is COc1cccc(-c2nnn(CC(=O)N3CCc4[nH]c5ccccc5c4C3)n2)c1. The van der Waals surface area contributed by atoms with Crippen LogP contribution in [0.4, 0.5) is 0 Å². The normalized spacial score (nSPS) is 13.5. The standard InChI is InChI=1S/C21H20N6O2/c1-29-15-6-4-5-14(11-15)21-23-25-27(24-21)13-20(28)26-10-9-19-17(12-26)16-7-2-3-8-18(16)22-19/h2-8,11,22H,9-10,12-13H2,1H3. The molecule has 146 valence electrons. The Morgan fingerprint density at radius 2 is 2.10 bits per heavy atom. The first kappa shape index (κ1) is 17.4. The van der Waals surface area contributed by atoms with Crippen LogP contribution in [0.1, 0.15) is 11.3 Å². The minimum Gasteiger partial charge on any atom is -0.497 e. The van der Waals surface area contributed by atoms with Crippen LogP contribution in [0.15, 0.2) is 48.5 Å². The van der Waals surface area contributed by atoms with E-state index in [0.717, 1.165) is 23.3 Å². The van der Waals surface area contributed by atoms with Crippen LogP contribution in [0.5, 0.6) is 5.75 Å². The fourth-order valence-electron chi connectivity index (χ4n) is 3.79. The van der Waals surface area contributed by atoms with Crippen molar-refractivity contribution >= 4 is 16.8 Å². The minimum absolute atomic E-state index is 0.0180. The Labute approximate surface area is 167 Å². The molecule has 0 saturated heterocycles. The third kappa shape index (κ3) is 3.22. The molecule has 1 amide bonds. The van der Waals surface area contributed by atoms with E-state index in [9.17, 15) is 4.79 Å². The van der Waals surface area contributed by atoms with Crippen molar-refractivity contribution in [1.82, 2.24) is 30.1 Å². The Morgan fingerprint density at radius 1 is 1.21 bits per heavy atom. The van der Waals surface area contributed by atoms with E-state index in [1.807, 2.05) is 41.3 Å². The molecule has 29 heavy (non-hydrogen) atoms. The van der Waals surface area contributed by atoms with Gasteiger partial charge in [-0.15, -0.1) is 10.2 Å². The Kier molecular flexibility index (Phi) is 4.23. The van der Waals surface area contributed by atoms with Crippen LogP contribution < -0.4 is 4.74 Å². The number of methoxy groups -OCH3 is 1. The number of carbonyl (C=O) groups excluding carboxylic acids is 1. The lowest BCUT2D eigenvalue weighted by molar-refractivity contribution is -0.133. The molecule has 0 spiro atoms. The van der Waals surface area contributed by atoms with Crippen molar-refractivity contribution in [2.24, 2.45) is 0 Å². The van der Waals surface area contributed by atoms with Crippen LogP contribution in [-0.2, 0) is 24.3 Å². The number of carbonyl (C=O) groups is 1. The lowest BCUT2D eigenvalue weighted by atomic mass is 10.0. The number of ether oxygens (including phenoxy) is 1. The average molecular weight is 388 g/mol. The molecule has 8 heteroatoms. The molecule has 0 saturated carbocycles. The quantitative estimate of drug-likeness (QED) is 0.580. The first-order valence-electron chi connectivity index (χ1n) is 9.50. The predicted molar refractivity (Wildman–Crippen MR) is 107 cm³/mol. The number of nitrogens with zero attached hydrogens (tertiary/aromatic N) is 5. The van der Waals surface area contributed by atoms with Gasteiger partial charge >= 0.3 is 0 Å². The van der Waals surface area contributed by atoms with Gasteiger partial charge in [-0.1, -0.05) is 30.3 Å². The molecule has 0 fully saturated rings. The summed E-state index contributed by atoms with van der Waals surface area (Å²) in [5, 5.41) is 13.7. The van der Waals surface area contributed by atoms with E-state index in [1.54, 1.807) is 7.11 Å². The number of aromatic amines is 1. The summed E-state index contributed by atoms with van der Waals surface area (Å²) < 4.78 is 5.23. The lowest BCUT2D eigenvalue weighted by Gasteiger charge is -2.27. The lowest BCUT2D eigenvalue weighted by Crippen LogP contribution is -2.38. The average Bonchev–Trinajstić information content (AvgIpc) is 3.37. The summed E-state index contributed by atoms with van der Waals surface area (Å²) in [7, 11) is 1.61. The number of aromatic nitrogens is 5. The molecule has 2 aromatic carbocycles. The summed E-state index contributed by atoms with van der Waals surface area (Å²) in [5.74, 6) is 1.17. The fourth-order valence-corrected chi connectivity index (χ4v) is 3.79. The predicted octanol–water partition coefficient (Wildman–Crippen LogP) is 2.41. The summed E-state index contributed by atoms with van der Waals surface area (Å²) in [5.41, 5.74) is 4.33. The second-order valence-electron chi connectivity index (χ2n) is 7.07. The molecule has 5 rings (SSSR count). The smallest absolute Gasteiger partial charge is 0.246 e. The van der Waals surface area contributed by atoms with Gasteiger partial charge in [-0.2, -0.15) is 4.80 Å². The molecular weight excluding hydrogens is 368 g/mol. The molecule has 8 nitrogen and oxygen atoms in total. The number of H-pyrrole nitrogens is 1. The van der Waals surface area contributed by atoms with Crippen LogP contribution in [0.3, 0.4) is 0 Å². The van der Waals surface area contributed by atoms with E-state index >= 15 is 0 Å². The minimum atomic E-state index is -0.0180. The van der Waals surface area contributed by atoms with Crippen LogP contribution in [0.25, 0.3) is 22.3 Å². The third-order valence-electron chi connectivity index (χ3n) is 5.29. The maximum Gasteiger partial charge on any atom is 0.246 e. The van der Waals surface area contributed by atoms with Crippen LogP contribution in [-0.4, -0.2) is 49.7 Å². The Morgan fingerprint density at radius 3 is 3.00 bits per heavy atom. The zero-order valence-electron chi connectivity index (χ0n) is 16.0. The molecule has 0 bridgehead atoms. The molecule has 0 unspecified atom stereocenters. The summed E-state index contributed by atoms with van der Waals surface area (Å²) in [6, 6.07) is 15.7. The van der Waals surface area contributed by atoms with E-state index in [4.69, 9.17) is 4.74 Å². The molecule has 4 aromatic rings. The van der Waals surface area contributed by atoms with Crippen molar-refractivity contribution in [3.05, 3.63) is 59.8 Å². The highest BCUT2D eigenvalue weighted by Gasteiger charge is 2.24. The van der Waals surface area contributed by atoms with E-state index < -0.39 is 0 Å². The number of rotatable bonds is 4. The maximum absolute atomic E-state index is 12.8. The highest BCUT2D eigenvalue weighted by molar-refractivity contribution is 5.86. The van der Waals surface area contributed by atoms with Crippen molar-refractivity contribution in [3.8, 4) is 17.1 Å². The van der Waals surface area contributed by atoms with Gasteiger partial charge in [0.1, 0.15) is 12.3 Å². The maximum atomic E-state index is 12.8. The molecular formula is C21H20N6O2. The molecule has 1 N–H and O–H groups in total. The highest BCUT2D eigenvalue weighted by Crippen LogP contribution is 2.27. The Hall–Kier alpha value is -3.68. The summed E-state index contributed by atoms with van der Waals surface area (Å²) in [4.78, 5) is 19.5. The van der Waals surface area contributed by atoms with Crippen molar-refractivity contribution in [1.29, 1.82) is 0 Å². The number of nitrogens with one attached hydrogen (secondary N) is 1. The van der Waals surface area contributed by atoms with Crippen molar-refractivity contribution in [3.63, 3.8) is 0 Å². The molecule has 2 aromatic heterocycles. The largest absolute Gasteiger partial charge is 0.497 e. The zero-order chi connectivity index (χ0) is 19.8. The van der Waals surface area contributed by atoms with Gasteiger partial charge in [-0.25, -0.2) is 0 Å². The second-order valence-corrected chi connectivity index (χ2v) is 7.07. The Balaban J connectivity index is 1.32. The van der Waals surface area contributed by atoms with Gasteiger partial charge in [-0.05, 0) is 23.4 Å². The van der Waals surface area contributed by atoms with E-state index in [2.05, 4.69) is 32.5 Å². The van der Waals surface area contributed by atoms with Gasteiger partial charge in [0, 0.05) is 47.2 Å². The summed E-state index contributed by atoms with van der Waals surface area (Å²) in [6.07, 6.45) is 0.815. The molecule has 0 atom stereocenters. The Bertz CT molecular complexity index is 1190. The van der Waals surface area contributed by atoms with Gasteiger partial charge in [0.15, 0.2) is 0 Å². The first-order chi connectivity index (χ1) is 14.2. The number of hydrogen-bond donors (Lipinski definition) is 1. The fraction of sp³-hybridized carbons (Fsp3) is 0.238. The van der Waals surface area contributed by atoms with Crippen molar-refractivity contribution in [2.75, 3.05) is 13.7 Å². The van der Waals surface area contributed by atoms with Crippen molar-refractivity contribution in [2.45, 2.75) is 19.5 Å². The van der Waals surface area contributed by atoms with E-state index in [1.165, 1.54) is 21.4 Å². The number of fused-ring (bicyclic) bond motifs is 3. The molecule has 1 aliphatic heterocycles. The molecule has 0 aliphatic carbocycles. The van der Waals surface area contributed by atoms with Gasteiger partial charge in [0.2, 0.25) is 11.7 Å². The monoisotopic (exact) mass is 388 g/mol. The molecule has 1 aliphatic rings. The second kappa shape index (κ2) is 7.05. The number of benzene rings is 2. The van der Waals surface area contributed by atoms with Crippen LogP contribution in [0.2, 0.25) is 0 Å². The van der Waals surface area contributed by atoms with E-state index in [-0.39, 0.29) is 12.5 Å². The molecule has 0 radical (unpaired) electrons. The van der Waals surface area contributed by atoms with Crippen LogP contribution >= 0.6 is 0 Å². The molecule has 3 heterocycles. The number of para-hydroxylation sites is 1. The van der Waals surface area contributed by atoms with Gasteiger partial charge in [0.05, 0.1) is 7.11 Å². The first-order valence-corrected chi connectivity index (χ1v) is 9.50. The number of amides is 1. The third-order valence-corrected chi connectivity index (χ3v) is 5.29. The van der Waals surface area contributed by atoms with Crippen molar-refractivity contribution < 1.29 is 9.53 Å². The summed E-state index contributed by atoms with van der Waals surface area (Å²) >= 11 is 0. The number of hydrogen-bond acceptors (Lipinski definition) is 5. The highest BCUT2D eigenvalue weighted by atomic mass is 16.5. The topological polar surface area (TPSA) is 88.9 Å². The number of tetrazole rings is 1. The van der Waals surface area contributed by atoms with Crippen LogP contribution in [0, 0.1) is 0 Å². The van der Waals surface area contributed by atoms with Gasteiger partial charge in [-0.3, -0.25) is 4.79 Å². The van der Waals surface area contributed by atoms with Gasteiger partial charge in [0.25, 0.3) is 0 Å². The summed E-state index contributed by atoms with van der Waals surface area (Å²) in [6.45, 7) is 1.33. The zero-order valence-corrected chi connectivity index (χ0v) is 16.0. The van der Waals surface area contributed by atoms with Gasteiger partial charge < -0.3 is 14.6 Å².